The van der Waals surface area contributed by atoms with Crippen molar-refractivity contribution in [1.29, 1.82) is 0 Å². The minimum absolute atomic E-state index is 0.429. The molecule has 1 aliphatic rings. The Bertz CT molecular complexity index is 642. The van der Waals surface area contributed by atoms with Crippen LogP contribution in [0.5, 0.6) is 5.75 Å². The Labute approximate surface area is 141 Å². The third kappa shape index (κ3) is 3.55. The highest BCUT2D eigenvalue weighted by Gasteiger charge is 2.20. The third-order valence-corrected chi connectivity index (χ3v) is 5.25. The van der Waals surface area contributed by atoms with E-state index >= 15 is 0 Å². The van der Waals surface area contributed by atoms with E-state index in [0.717, 1.165) is 23.1 Å². The molecule has 0 amide bonds. The average molecular weight is 359 g/mol. The first-order valence-corrected chi connectivity index (χ1v) is 8.98. The molecule has 0 atom stereocenters. The second-order valence-electron chi connectivity index (χ2n) is 6.23. The molecule has 0 aliphatic heterocycles. The molecule has 2 heteroatoms. The highest BCUT2D eigenvalue weighted by atomic mass is 79.9. The smallest absolute Gasteiger partial charge is 0.123 e. The summed E-state index contributed by atoms with van der Waals surface area (Å²) in [5.74, 6) is 1.03. The van der Waals surface area contributed by atoms with Crippen LogP contribution in [0.3, 0.4) is 0 Å². The van der Waals surface area contributed by atoms with E-state index in [9.17, 15) is 0 Å². The zero-order chi connectivity index (χ0) is 15.5. The zero-order valence-corrected chi connectivity index (χ0v) is 14.9. The Balaban J connectivity index is 1.76. The first-order chi connectivity index (χ1) is 10.7. The van der Waals surface area contributed by atoms with Crippen LogP contribution in [0, 0.1) is 6.92 Å². The van der Waals surface area contributed by atoms with Gasteiger partial charge in [0.15, 0.2) is 0 Å². The van der Waals surface area contributed by atoms with Crippen LogP contribution in [0.4, 0.5) is 0 Å². The largest absolute Gasteiger partial charge is 0.490 e. The standard InChI is InChI=1S/C20H23BrO/c1-3-15-7-9-16(10-8-15)12-17-11-14(2)20(13-19(17)21)22-18-5-4-6-18/h7-11,13,18H,3-6,12H2,1-2H3. The van der Waals surface area contributed by atoms with E-state index < -0.39 is 0 Å². The maximum Gasteiger partial charge on any atom is 0.123 e. The van der Waals surface area contributed by atoms with E-state index in [1.54, 1.807) is 0 Å². The zero-order valence-electron chi connectivity index (χ0n) is 13.4. The van der Waals surface area contributed by atoms with Gasteiger partial charge in [0.2, 0.25) is 0 Å². The Morgan fingerprint density at radius 2 is 1.77 bits per heavy atom. The molecular weight excluding hydrogens is 336 g/mol. The molecule has 0 radical (unpaired) electrons. The van der Waals surface area contributed by atoms with E-state index in [1.165, 1.54) is 41.5 Å². The Kier molecular flexibility index (Phi) is 4.87. The van der Waals surface area contributed by atoms with Crippen molar-refractivity contribution in [3.05, 3.63) is 63.1 Å². The predicted octanol–water partition coefficient (Wildman–Crippen LogP) is 5.84. The third-order valence-electron chi connectivity index (χ3n) is 4.52. The molecule has 1 aliphatic carbocycles. The van der Waals surface area contributed by atoms with Gasteiger partial charge in [-0.3, -0.25) is 0 Å². The minimum atomic E-state index is 0.429. The van der Waals surface area contributed by atoms with Gasteiger partial charge in [0.25, 0.3) is 0 Å². The summed E-state index contributed by atoms with van der Waals surface area (Å²) in [4.78, 5) is 0. The Hall–Kier alpha value is -1.28. The van der Waals surface area contributed by atoms with Crippen molar-refractivity contribution in [2.45, 2.75) is 52.1 Å². The monoisotopic (exact) mass is 358 g/mol. The van der Waals surface area contributed by atoms with Crippen molar-refractivity contribution >= 4 is 15.9 Å². The predicted molar refractivity (Wildman–Crippen MR) is 95.8 cm³/mol. The van der Waals surface area contributed by atoms with Crippen molar-refractivity contribution in [2.75, 3.05) is 0 Å². The van der Waals surface area contributed by atoms with Crippen LogP contribution in [0.2, 0.25) is 0 Å². The molecule has 2 aromatic carbocycles. The fourth-order valence-electron chi connectivity index (χ4n) is 2.77. The van der Waals surface area contributed by atoms with Gasteiger partial charge in [0, 0.05) is 4.47 Å². The summed E-state index contributed by atoms with van der Waals surface area (Å²) in [5.41, 5.74) is 5.30. The molecule has 116 valence electrons. The van der Waals surface area contributed by atoms with Crippen LogP contribution in [0.15, 0.2) is 40.9 Å². The fourth-order valence-corrected chi connectivity index (χ4v) is 3.23. The lowest BCUT2D eigenvalue weighted by molar-refractivity contribution is 0.119. The molecule has 0 bridgehead atoms. The molecule has 1 saturated carbocycles. The number of aryl methyl sites for hydroxylation is 2. The summed E-state index contributed by atoms with van der Waals surface area (Å²) >= 11 is 3.72. The van der Waals surface area contributed by atoms with Crippen molar-refractivity contribution in [2.24, 2.45) is 0 Å². The normalized spacial score (nSPS) is 14.7. The number of hydrogen-bond acceptors (Lipinski definition) is 1. The van der Waals surface area contributed by atoms with Gasteiger partial charge in [-0.2, -0.15) is 0 Å². The second kappa shape index (κ2) is 6.87. The Morgan fingerprint density at radius 1 is 1.09 bits per heavy atom. The summed E-state index contributed by atoms with van der Waals surface area (Å²) in [7, 11) is 0. The van der Waals surface area contributed by atoms with E-state index in [0.29, 0.717) is 6.10 Å². The number of halogens is 1. The molecular formula is C20H23BrO. The van der Waals surface area contributed by atoms with Crippen LogP contribution in [0.1, 0.15) is 48.4 Å². The molecule has 0 unspecified atom stereocenters. The van der Waals surface area contributed by atoms with E-state index in [1.807, 2.05) is 0 Å². The van der Waals surface area contributed by atoms with E-state index in [-0.39, 0.29) is 0 Å². The minimum Gasteiger partial charge on any atom is -0.490 e. The van der Waals surface area contributed by atoms with Crippen LogP contribution >= 0.6 is 15.9 Å². The molecule has 0 N–H and O–H groups in total. The highest BCUT2D eigenvalue weighted by molar-refractivity contribution is 9.10. The molecule has 2 aromatic rings. The first kappa shape index (κ1) is 15.6. The molecule has 0 spiro atoms. The van der Waals surface area contributed by atoms with Gasteiger partial charge in [-0.25, -0.2) is 0 Å². The molecule has 0 heterocycles. The summed E-state index contributed by atoms with van der Waals surface area (Å²) in [5, 5.41) is 0. The number of ether oxygens (including phenoxy) is 1. The topological polar surface area (TPSA) is 9.23 Å². The maximum absolute atomic E-state index is 6.07. The lowest BCUT2D eigenvalue weighted by Crippen LogP contribution is -2.24. The van der Waals surface area contributed by atoms with Crippen LogP contribution in [0.25, 0.3) is 0 Å². The van der Waals surface area contributed by atoms with Crippen molar-refractivity contribution in [3.8, 4) is 5.75 Å². The summed E-state index contributed by atoms with van der Waals surface area (Å²) in [6, 6.07) is 13.3. The van der Waals surface area contributed by atoms with E-state index in [2.05, 4.69) is 66.2 Å². The first-order valence-electron chi connectivity index (χ1n) is 8.19. The molecule has 0 aromatic heterocycles. The van der Waals surface area contributed by atoms with Crippen LogP contribution < -0.4 is 4.74 Å². The van der Waals surface area contributed by atoms with Gasteiger partial charge in [0.1, 0.15) is 5.75 Å². The SMILES string of the molecule is CCc1ccc(Cc2cc(C)c(OC3CCC3)cc2Br)cc1. The molecule has 1 nitrogen and oxygen atoms in total. The Morgan fingerprint density at radius 3 is 2.36 bits per heavy atom. The van der Waals surface area contributed by atoms with Crippen molar-refractivity contribution in [1.82, 2.24) is 0 Å². The number of hydrogen-bond donors (Lipinski definition) is 0. The molecule has 1 fully saturated rings. The summed E-state index contributed by atoms with van der Waals surface area (Å²) < 4.78 is 7.21. The molecule has 3 rings (SSSR count). The highest BCUT2D eigenvalue weighted by Crippen LogP contribution is 2.32. The summed E-state index contributed by atoms with van der Waals surface area (Å²) in [6.07, 6.45) is 6.17. The van der Waals surface area contributed by atoms with Gasteiger partial charge < -0.3 is 4.74 Å². The van der Waals surface area contributed by atoms with Gasteiger partial charge >= 0.3 is 0 Å². The van der Waals surface area contributed by atoms with Crippen LogP contribution in [-0.4, -0.2) is 6.10 Å². The lowest BCUT2D eigenvalue weighted by atomic mass is 9.96. The average Bonchev–Trinajstić information content (AvgIpc) is 2.48. The fraction of sp³-hybridized carbons (Fsp3) is 0.400. The molecule has 0 saturated heterocycles. The van der Waals surface area contributed by atoms with Gasteiger partial charge in [-0.05, 0) is 67.3 Å². The number of rotatable bonds is 5. The lowest BCUT2D eigenvalue weighted by Gasteiger charge is -2.27. The summed E-state index contributed by atoms with van der Waals surface area (Å²) in [6.45, 7) is 4.33. The van der Waals surface area contributed by atoms with Gasteiger partial charge in [0.05, 0.1) is 6.10 Å². The van der Waals surface area contributed by atoms with Crippen molar-refractivity contribution in [3.63, 3.8) is 0 Å². The quantitative estimate of drug-likeness (QED) is 0.651. The van der Waals surface area contributed by atoms with Gasteiger partial charge in [-0.1, -0.05) is 53.2 Å². The van der Waals surface area contributed by atoms with Gasteiger partial charge in [-0.15, -0.1) is 0 Å². The van der Waals surface area contributed by atoms with E-state index in [4.69, 9.17) is 4.74 Å². The van der Waals surface area contributed by atoms with Crippen LogP contribution in [-0.2, 0) is 12.8 Å². The van der Waals surface area contributed by atoms with Crippen molar-refractivity contribution < 1.29 is 4.74 Å². The second-order valence-corrected chi connectivity index (χ2v) is 7.08. The molecule has 22 heavy (non-hydrogen) atoms. The number of benzene rings is 2. The maximum atomic E-state index is 6.07.